The van der Waals surface area contributed by atoms with Crippen molar-refractivity contribution in [1.82, 2.24) is 4.57 Å². The van der Waals surface area contributed by atoms with Gasteiger partial charge in [-0.25, -0.2) is 0 Å². The Hall–Kier alpha value is -8.56. The molecule has 11 aromatic carbocycles. The van der Waals surface area contributed by atoms with Crippen molar-refractivity contribution in [3.63, 3.8) is 0 Å². The van der Waals surface area contributed by atoms with Crippen molar-refractivity contribution in [1.29, 1.82) is 0 Å². The van der Waals surface area contributed by atoms with E-state index in [0.717, 1.165) is 12.8 Å². The van der Waals surface area contributed by atoms with Crippen LogP contribution in [0.25, 0.3) is 81.0 Å². The Morgan fingerprint density at radius 3 is 1.76 bits per heavy atom. The summed E-state index contributed by atoms with van der Waals surface area (Å²) >= 11 is 1.87. The van der Waals surface area contributed by atoms with Gasteiger partial charge in [-0.3, -0.25) is 0 Å². The quantitative estimate of drug-likeness (QED) is 0.129. The van der Waals surface area contributed by atoms with Gasteiger partial charge in [-0.1, -0.05) is 224 Å². The third kappa shape index (κ3) is 6.89. The fourth-order valence-corrected chi connectivity index (χ4v) is 13.4. The third-order valence-corrected chi connectivity index (χ3v) is 16.7. The molecule has 0 fully saturated rings. The van der Waals surface area contributed by atoms with Gasteiger partial charge in [0, 0.05) is 42.6 Å². The largest absolute Gasteiger partial charge is 0.309 e. The van der Waals surface area contributed by atoms with Gasteiger partial charge in [0.2, 0.25) is 0 Å². The highest BCUT2D eigenvalue weighted by Crippen LogP contribution is 2.56. The highest BCUT2D eigenvalue weighted by Gasteiger charge is 2.46. The zero-order valence-electron chi connectivity index (χ0n) is 39.8. The van der Waals surface area contributed by atoms with Crippen LogP contribution in [0.1, 0.15) is 51.3 Å². The molecule has 14 rings (SSSR count). The predicted molar refractivity (Wildman–Crippen MR) is 305 cm³/mol. The van der Waals surface area contributed by atoms with E-state index in [2.05, 4.69) is 271 Å². The molecule has 1 unspecified atom stereocenters. The third-order valence-electron chi connectivity index (χ3n) is 15.6. The molecule has 1 nitrogen and oxygen atoms in total. The molecular formula is C70H49NS. The van der Waals surface area contributed by atoms with E-state index in [1.54, 1.807) is 0 Å². The lowest BCUT2D eigenvalue weighted by atomic mass is 9.67. The zero-order valence-corrected chi connectivity index (χ0v) is 40.6. The maximum atomic E-state index is 2.52. The van der Waals surface area contributed by atoms with Crippen LogP contribution in [-0.4, -0.2) is 4.57 Å². The van der Waals surface area contributed by atoms with Crippen LogP contribution in [0, 0.1) is 0 Å². The van der Waals surface area contributed by atoms with Crippen molar-refractivity contribution in [3.8, 4) is 39.1 Å². The normalized spacial score (nSPS) is 13.2. The smallest absolute Gasteiger partial charge is 0.0713 e. The lowest BCUT2D eigenvalue weighted by Gasteiger charge is -2.34. The molecule has 0 saturated carbocycles. The summed E-state index contributed by atoms with van der Waals surface area (Å²) in [5.74, 6) is 0.221. The Morgan fingerprint density at radius 1 is 0.361 bits per heavy atom. The summed E-state index contributed by atoms with van der Waals surface area (Å²) < 4.78 is 5.08. The summed E-state index contributed by atoms with van der Waals surface area (Å²) in [7, 11) is 0. The highest BCUT2D eigenvalue weighted by molar-refractivity contribution is 7.25. The summed E-state index contributed by atoms with van der Waals surface area (Å²) in [6.07, 6.45) is 1.94. The van der Waals surface area contributed by atoms with Gasteiger partial charge < -0.3 is 4.57 Å². The van der Waals surface area contributed by atoms with Crippen LogP contribution in [0.5, 0.6) is 0 Å². The van der Waals surface area contributed by atoms with Gasteiger partial charge in [0.05, 0.1) is 16.4 Å². The van der Waals surface area contributed by atoms with Gasteiger partial charge in [0.1, 0.15) is 0 Å². The van der Waals surface area contributed by atoms with Crippen molar-refractivity contribution < 1.29 is 0 Å². The summed E-state index contributed by atoms with van der Waals surface area (Å²) in [5.41, 5.74) is 20.1. The van der Waals surface area contributed by atoms with E-state index in [-0.39, 0.29) is 5.92 Å². The fraction of sp³-hybridized carbons (Fsp3) is 0.0571. The van der Waals surface area contributed by atoms with E-state index in [9.17, 15) is 0 Å². The predicted octanol–water partition coefficient (Wildman–Crippen LogP) is 18.6. The topological polar surface area (TPSA) is 4.93 Å². The van der Waals surface area contributed by atoms with Crippen LogP contribution in [-0.2, 0) is 11.8 Å². The van der Waals surface area contributed by atoms with Crippen molar-refractivity contribution in [2.75, 3.05) is 0 Å². The lowest BCUT2D eigenvalue weighted by molar-refractivity contribution is 0.713. The van der Waals surface area contributed by atoms with Gasteiger partial charge in [-0.2, -0.15) is 0 Å². The molecule has 0 radical (unpaired) electrons. The molecule has 1 aliphatic rings. The van der Waals surface area contributed by atoms with Crippen molar-refractivity contribution in [3.05, 3.63) is 306 Å². The van der Waals surface area contributed by atoms with Crippen molar-refractivity contribution in [2.45, 2.75) is 24.2 Å². The first kappa shape index (κ1) is 42.3. The first-order valence-corrected chi connectivity index (χ1v) is 26.1. The number of hydrogen-bond donors (Lipinski definition) is 0. The number of nitrogens with zero attached hydrogens (tertiary/aromatic N) is 1. The fourth-order valence-electron chi connectivity index (χ4n) is 12.3. The molecular weight excluding hydrogens is 887 g/mol. The van der Waals surface area contributed by atoms with Crippen LogP contribution < -0.4 is 0 Å². The number of aryl methyl sites for hydroxylation is 1. The first-order chi connectivity index (χ1) is 35.7. The van der Waals surface area contributed by atoms with E-state index in [1.807, 2.05) is 11.3 Å². The second-order valence-corrected chi connectivity index (χ2v) is 20.6. The van der Waals surface area contributed by atoms with E-state index in [0.29, 0.717) is 0 Å². The second kappa shape index (κ2) is 17.4. The summed E-state index contributed by atoms with van der Waals surface area (Å²) in [6.45, 7) is 0. The number of thiophene rings is 1. The molecule has 2 heterocycles. The van der Waals surface area contributed by atoms with Gasteiger partial charge in [0.15, 0.2) is 0 Å². The molecule has 13 aromatic rings. The average molecular weight is 936 g/mol. The van der Waals surface area contributed by atoms with E-state index < -0.39 is 5.41 Å². The Morgan fingerprint density at radius 2 is 0.972 bits per heavy atom. The van der Waals surface area contributed by atoms with Crippen LogP contribution in [0.15, 0.2) is 267 Å². The standard InChI is InChI=1S/C70H49NS/c1-4-19-48(20-5-1)57(53-35-40-65-62(45-53)58-28-10-13-31-64(58)70(65,54-24-6-2-7-25-54)55-26-8-3-9-27-55)38-34-47-18-16-21-49(42-47)50-22-17-23-51(43-50)52-36-41-67-63(44-52)59-29-11-14-32-66(59)71(67)56-37-39-61-60-30-12-15-33-68(60)72-69(61)46-56/h1-33,35-37,39-46,57H,34,38H2. The summed E-state index contributed by atoms with van der Waals surface area (Å²) in [5, 5.41) is 5.18. The number of rotatable bonds is 10. The molecule has 72 heavy (non-hydrogen) atoms. The lowest BCUT2D eigenvalue weighted by Crippen LogP contribution is -2.28. The Balaban J connectivity index is 0.785. The molecule has 2 heteroatoms. The first-order valence-electron chi connectivity index (χ1n) is 25.2. The number of fused-ring (bicyclic) bond motifs is 9. The van der Waals surface area contributed by atoms with Crippen LogP contribution >= 0.6 is 11.3 Å². The van der Waals surface area contributed by atoms with Gasteiger partial charge in [-0.05, 0) is 128 Å². The molecule has 1 aliphatic carbocycles. The van der Waals surface area contributed by atoms with Crippen LogP contribution in [0.3, 0.4) is 0 Å². The van der Waals surface area contributed by atoms with E-state index in [4.69, 9.17) is 0 Å². The molecule has 340 valence electrons. The van der Waals surface area contributed by atoms with Crippen molar-refractivity contribution >= 4 is 53.3 Å². The SMILES string of the molecule is c1ccc(C(CCc2cccc(-c3cccc(-c4ccc5c(c4)c4ccccc4n5-c4ccc5c(c4)sc4ccccc45)c3)c2)c2ccc3c(c2)-c2ccccc2C3(c2ccccc2)c2ccccc2)cc1. The minimum absolute atomic E-state index is 0.221. The molecule has 0 spiro atoms. The van der Waals surface area contributed by atoms with E-state index >= 15 is 0 Å². The average Bonchev–Trinajstić information content (AvgIpc) is 4.10. The summed E-state index contributed by atoms with van der Waals surface area (Å²) in [6, 6.07) is 99.7. The molecule has 0 N–H and O–H groups in total. The summed E-state index contributed by atoms with van der Waals surface area (Å²) in [4.78, 5) is 0. The zero-order chi connectivity index (χ0) is 47.6. The highest BCUT2D eigenvalue weighted by atomic mass is 32.1. The van der Waals surface area contributed by atoms with Crippen molar-refractivity contribution in [2.24, 2.45) is 0 Å². The molecule has 0 aliphatic heterocycles. The van der Waals surface area contributed by atoms with Gasteiger partial charge in [-0.15, -0.1) is 11.3 Å². The number of aromatic nitrogens is 1. The van der Waals surface area contributed by atoms with Crippen LogP contribution in [0.2, 0.25) is 0 Å². The van der Waals surface area contributed by atoms with E-state index in [1.165, 1.54) is 120 Å². The second-order valence-electron chi connectivity index (χ2n) is 19.5. The Labute approximate surface area is 424 Å². The number of benzene rings is 11. The monoisotopic (exact) mass is 935 g/mol. The molecule has 0 amide bonds. The molecule has 0 bridgehead atoms. The van der Waals surface area contributed by atoms with Crippen LogP contribution in [0.4, 0.5) is 0 Å². The number of hydrogen-bond acceptors (Lipinski definition) is 1. The molecule has 0 saturated heterocycles. The minimum atomic E-state index is -0.406. The Kier molecular flexibility index (Phi) is 10.2. The number of para-hydroxylation sites is 1. The molecule has 2 aromatic heterocycles. The minimum Gasteiger partial charge on any atom is -0.309 e. The molecule has 1 atom stereocenters. The Bertz CT molecular complexity index is 4120. The maximum absolute atomic E-state index is 2.52. The van der Waals surface area contributed by atoms with Gasteiger partial charge >= 0.3 is 0 Å². The maximum Gasteiger partial charge on any atom is 0.0713 e. The van der Waals surface area contributed by atoms with Gasteiger partial charge in [0.25, 0.3) is 0 Å².